The molecule has 0 fully saturated rings. The maximum Gasteiger partial charge on any atom is 1.00 e. The largest absolute Gasteiger partial charge is 1.00 e. The first-order chi connectivity index (χ1) is 3.27. The maximum atomic E-state index is 10.0. The molecule has 0 heterocycles. The van der Waals surface area contributed by atoms with Crippen LogP contribution in [0.25, 0.3) is 0 Å². The minimum absolute atomic E-state index is 0. The van der Waals surface area contributed by atoms with Crippen LogP contribution in [0.2, 0.25) is 0 Å². The average Bonchev–Trinajstić information content (AvgIpc) is 1.61. The molecule has 0 radical (unpaired) electrons. The van der Waals surface area contributed by atoms with Crippen molar-refractivity contribution >= 4 is 18.5 Å². The number of amides is 1. The SMILES string of the molecule is CC(=O)N/C=C/S.[Ag+]. The number of thiol groups is 1. The van der Waals surface area contributed by atoms with E-state index in [-0.39, 0.29) is 28.3 Å². The number of rotatable bonds is 1. The van der Waals surface area contributed by atoms with E-state index >= 15 is 0 Å². The van der Waals surface area contributed by atoms with Crippen LogP contribution < -0.4 is 5.32 Å². The zero-order valence-electron chi connectivity index (χ0n) is 4.31. The van der Waals surface area contributed by atoms with Gasteiger partial charge in [0, 0.05) is 13.1 Å². The van der Waals surface area contributed by atoms with Gasteiger partial charge in [0.25, 0.3) is 0 Å². The first-order valence-electron chi connectivity index (χ1n) is 1.83. The molecule has 2 nitrogen and oxygen atoms in total. The summed E-state index contributed by atoms with van der Waals surface area (Å²) in [6.07, 6.45) is 1.46. The Labute approximate surface area is 69.6 Å². The zero-order chi connectivity index (χ0) is 5.70. The van der Waals surface area contributed by atoms with E-state index in [4.69, 9.17) is 0 Å². The zero-order valence-corrected chi connectivity index (χ0v) is 6.69. The molecule has 0 saturated heterocycles. The van der Waals surface area contributed by atoms with E-state index in [2.05, 4.69) is 17.9 Å². The smallest absolute Gasteiger partial charge is 0.332 e. The normalized spacial score (nSPS) is 8.25. The second-order valence-electron chi connectivity index (χ2n) is 1.02. The monoisotopic (exact) mass is 224 g/mol. The molecular weight excluding hydrogens is 218 g/mol. The third-order valence-electron chi connectivity index (χ3n) is 0.361. The van der Waals surface area contributed by atoms with Gasteiger partial charge in [0.05, 0.1) is 0 Å². The van der Waals surface area contributed by atoms with Gasteiger partial charge in [0.15, 0.2) is 0 Å². The van der Waals surface area contributed by atoms with Crippen molar-refractivity contribution in [1.29, 1.82) is 0 Å². The van der Waals surface area contributed by atoms with Crippen molar-refractivity contribution in [3.05, 3.63) is 11.6 Å². The molecule has 1 amide bonds. The van der Waals surface area contributed by atoms with Crippen molar-refractivity contribution < 1.29 is 27.2 Å². The van der Waals surface area contributed by atoms with E-state index in [0.717, 1.165) is 0 Å². The number of carbonyl (C=O) groups is 1. The van der Waals surface area contributed by atoms with Crippen LogP contribution in [-0.4, -0.2) is 5.91 Å². The van der Waals surface area contributed by atoms with Crippen molar-refractivity contribution in [1.82, 2.24) is 5.32 Å². The van der Waals surface area contributed by atoms with Gasteiger partial charge < -0.3 is 5.32 Å². The molecular formula is C4H7AgNOS+. The fourth-order valence-corrected chi connectivity index (χ4v) is 0.229. The Morgan fingerprint density at radius 2 is 2.25 bits per heavy atom. The first kappa shape index (κ1) is 11.1. The molecule has 0 aliphatic heterocycles. The predicted octanol–water partition coefficient (Wildman–Crippen LogP) is 0.521. The molecule has 50 valence electrons. The number of hydrogen-bond acceptors (Lipinski definition) is 2. The van der Waals surface area contributed by atoms with Gasteiger partial charge in [-0.1, -0.05) is 0 Å². The third-order valence-corrected chi connectivity index (χ3v) is 0.510. The molecule has 0 saturated carbocycles. The van der Waals surface area contributed by atoms with Crippen LogP contribution in [0, 0.1) is 0 Å². The van der Waals surface area contributed by atoms with Crippen LogP contribution in [-0.2, 0) is 27.2 Å². The molecule has 0 atom stereocenters. The van der Waals surface area contributed by atoms with Crippen molar-refractivity contribution in [2.45, 2.75) is 6.92 Å². The summed E-state index contributed by atoms with van der Waals surface area (Å²) < 4.78 is 0. The topological polar surface area (TPSA) is 29.1 Å². The van der Waals surface area contributed by atoms with Crippen molar-refractivity contribution in [2.24, 2.45) is 0 Å². The van der Waals surface area contributed by atoms with Gasteiger partial charge in [-0.2, -0.15) is 0 Å². The molecule has 1 N–H and O–H groups in total. The standard InChI is InChI=1S/C4H7NOS.Ag/c1-4(6)5-2-3-7;/h2-3,7H,1H3,(H,5,6);/q;+1/b3-2+;. The van der Waals surface area contributed by atoms with Crippen molar-refractivity contribution in [2.75, 3.05) is 0 Å². The third kappa shape index (κ3) is 9.57. The summed E-state index contributed by atoms with van der Waals surface area (Å²) >= 11 is 3.70. The molecule has 0 aliphatic rings. The molecule has 0 aromatic heterocycles. The molecule has 0 unspecified atom stereocenters. The Morgan fingerprint density at radius 3 is 2.38 bits per heavy atom. The number of hydrogen-bond donors (Lipinski definition) is 2. The fourth-order valence-electron chi connectivity index (χ4n) is 0.155. The Bertz CT molecular complexity index is 94.0. The molecule has 0 aromatic carbocycles. The summed E-state index contributed by atoms with van der Waals surface area (Å²) in [5.41, 5.74) is 0. The Kier molecular flexibility index (Phi) is 10.2. The summed E-state index contributed by atoms with van der Waals surface area (Å²) in [7, 11) is 0. The Morgan fingerprint density at radius 1 is 1.75 bits per heavy atom. The van der Waals surface area contributed by atoms with Crippen LogP contribution in [0.15, 0.2) is 11.6 Å². The van der Waals surface area contributed by atoms with Gasteiger partial charge in [-0.3, -0.25) is 4.79 Å². The molecule has 8 heavy (non-hydrogen) atoms. The first-order valence-corrected chi connectivity index (χ1v) is 2.35. The minimum Gasteiger partial charge on any atom is -0.332 e. The number of carbonyl (C=O) groups excluding carboxylic acids is 1. The minimum atomic E-state index is -0.0784. The van der Waals surface area contributed by atoms with Crippen LogP contribution in [0.1, 0.15) is 6.92 Å². The molecule has 0 spiro atoms. The van der Waals surface area contributed by atoms with Gasteiger partial charge in [-0.25, -0.2) is 0 Å². The van der Waals surface area contributed by atoms with Gasteiger partial charge in [0.2, 0.25) is 5.91 Å². The van der Waals surface area contributed by atoms with Crippen LogP contribution in [0.5, 0.6) is 0 Å². The van der Waals surface area contributed by atoms with Gasteiger partial charge in [0.1, 0.15) is 0 Å². The van der Waals surface area contributed by atoms with Gasteiger partial charge in [-0.05, 0) is 5.41 Å². The average molecular weight is 225 g/mol. The molecule has 4 heteroatoms. The molecule has 0 rings (SSSR count). The van der Waals surface area contributed by atoms with E-state index in [1.807, 2.05) is 0 Å². The van der Waals surface area contributed by atoms with E-state index < -0.39 is 0 Å². The Hall–Kier alpha value is 0.300. The quantitative estimate of drug-likeness (QED) is 0.494. The summed E-state index contributed by atoms with van der Waals surface area (Å²) in [5.74, 6) is -0.0784. The summed E-state index contributed by atoms with van der Waals surface area (Å²) in [6.45, 7) is 1.44. The second-order valence-corrected chi connectivity index (χ2v) is 1.31. The van der Waals surface area contributed by atoms with Crippen molar-refractivity contribution in [3.8, 4) is 0 Å². The Balaban J connectivity index is 0. The molecule has 0 aromatic rings. The second kappa shape index (κ2) is 7.30. The predicted molar refractivity (Wildman–Crippen MR) is 31.9 cm³/mol. The van der Waals surface area contributed by atoms with Crippen molar-refractivity contribution in [3.63, 3.8) is 0 Å². The number of nitrogens with one attached hydrogen (secondary N) is 1. The molecule has 0 bridgehead atoms. The summed E-state index contributed by atoms with van der Waals surface area (Å²) in [6, 6.07) is 0. The summed E-state index contributed by atoms with van der Waals surface area (Å²) in [5, 5.41) is 3.86. The van der Waals surface area contributed by atoms with Gasteiger partial charge in [-0.15, -0.1) is 12.6 Å². The van der Waals surface area contributed by atoms with Crippen LogP contribution in [0.4, 0.5) is 0 Å². The van der Waals surface area contributed by atoms with Crippen LogP contribution in [0.3, 0.4) is 0 Å². The fraction of sp³-hybridized carbons (Fsp3) is 0.250. The summed E-state index contributed by atoms with van der Waals surface area (Å²) in [4.78, 5) is 10.0. The van der Waals surface area contributed by atoms with E-state index in [1.165, 1.54) is 18.5 Å². The molecule has 0 aliphatic carbocycles. The van der Waals surface area contributed by atoms with Crippen LogP contribution >= 0.6 is 12.6 Å². The van der Waals surface area contributed by atoms with Gasteiger partial charge >= 0.3 is 22.4 Å². The van der Waals surface area contributed by atoms with E-state index in [0.29, 0.717) is 0 Å². The maximum absolute atomic E-state index is 10.0. The van der Waals surface area contributed by atoms with E-state index in [9.17, 15) is 4.79 Å². The van der Waals surface area contributed by atoms with E-state index in [1.54, 1.807) is 0 Å².